The van der Waals surface area contributed by atoms with Gasteiger partial charge in [0, 0.05) is 50.7 Å². The molecule has 226 valence electrons. The second kappa shape index (κ2) is 14.8. The predicted molar refractivity (Wildman–Crippen MR) is 165 cm³/mol. The number of hydrogen-bond donors (Lipinski definition) is 4. The number of piperidine rings is 1. The molecule has 0 unspecified atom stereocenters. The Bertz CT molecular complexity index is 1460. The highest BCUT2D eigenvalue weighted by Gasteiger charge is 2.26. The summed E-state index contributed by atoms with van der Waals surface area (Å²) in [5, 5.41) is 9.88. The first-order valence-corrected chi connectivity index (χ1v) is 14.7. The third kappa shape index (κ3) is 7.89. The van der Waals surface area contributed by atoms with Gasteiger partial charge in [0.25, 0.3) is 11.5 Å². The Hall–Kier alpha value is -3.90. The molecule has 5 N–H and O–H groups in total. The van der Waals surface area contributed by atoms with Gasteiger partial charge in [0.15, 0.2) is 18.2 Å². The van der Waals surface area contributed by atoms with Gasteiger partial charge in [0.2, 0.25) is 11.9 Å². The summed E-state index contributed by atoms with van der Waals surface area (Å²) >= 11 is 6.44. The highest BCUT2D eigenvalue weighted by molar-refractivity contribution is 6.32. The van der Waals surface area contributed by atoms with E-state index in [4.69, 9.17) is 22.1 Å². The van der Waals surface area contributed by atoms with E-state index in [1.165, 1.54) is 11.6 Å². The molecule has 1 saturated heterocycles. The van der Waals surface area contributed by atoms with Gasteiger partial charge in [-0.3, -0.25) is 14.4 Å². The van der Waals surface area contributed by atoms with E-state index in [1.54, 1.807) is 19.3 Å². The van der Waals surface area contributed by atoms with Crippen molar-refractivity contribution in [1.82, 2.24) is 25.2 Å². The van der Waals surface area contributed by atoms with E-state index < -0.39 is 0 Å². The van der Waals surface area contributed by atoms with Crippen LogP contribution in [0.3, 0.4) is 0 Å². The number of unbranched alkanes of at least 4 members (excludes halogenated alkanes) is 3. The Balaban J connectivity index is 1.39. The fourth-order valence-corrected chi connectivity index (χ4v) is 5.04. The molecule has 1 aromatic carbocycles. The first-order chi connectivity index (χ1) is 20.3. The van der Waals surface area contributed by atoms with Crippen LogP contribution < -0.4 is 36.9 Å². The van der Waals surface area contributed by atoms with Crippen molar-refractivity contribution < 1.29 is 14.3 Å². The smallest absolute Gasteiger partial charge is 0.293 e. The SMILES string of the molecule is CNC(=O)COc1cc2cc(Nc3nc(N4CCC(C(=O)NCCCCCCN)CC4)ncc3Cl)ccc2n(C)c1=O. The third-order valence-electron chi connectivity index (χ3n) is 7.40. The number of nitrogens with zero attached hydrogens (tertiary/aromatic N) is 4. The molecule has 3 aromatic rings. The van der Waals surface area contributed by atoms with Crippen molar-refractivity contribution >= 4 is 51.8 Å². The number of halogens is 1. The third-order valence-corrected chi connectivity index (χ3v) is 7.68. The minimum Gasteiger partial charge on any atom is -0.478 e. The van der Waals surface area contributed by atoms with E-state index in [1.807, 2.05) is 18.2 Å². The van der Waals surface area contributed by atoms with Crippen LogP contribution in [0.1, 0.15) is 38.5 Å². The van der Waals surface area contributed by atoms with E-state index >= 15 is 0 Å². The van der Waals surface area contributed by atoms with Gasteiger partial charge in [-0.05, 0) is 56.5 Å². The number of nitrogens with one attached hydrogen (secondary N) is 3. The summed E-state index contributed by atoms with van der Waals surface area (Å²) in [5.41, 5.74) is 6.59. The average molecular weight is 599 g/mol. The number of benzene rings is 1. The zero-order chi connectivity index (χ0) is 30.1. The van der Waals surface area contributed by atoms with Gasteiger partial charge in [0.1, 0.15) is 5.02 Å². The zero-order valence-corrected chi connectivity index (χ0v) is 24.9. The maximum absolute atomic E-state index is 12.7. The number of carbonyl (C=O) groups excluding carboxylic acids is 2. The van der Waals surface area contributed by atoms with E-state index in [2.05, 4.69) is 30.8 Å². The molecule has 0 atom stereocenters. The Morgan fingerprint density at radius 2 is 1.90 bits per heavy atom. The molecule has 2 aromatic heterocycles. The summed E-state index contributed by atoms with van der Waals surface area (Å²) in [6, 6.07) is 7.10. The topological polar surface area (TPSA) is 156 Å². The molecule has 3 heterocycles. The van der Waals surface area contributed by atoms with E-state index in [0.29, 0.717) is 54.2 Å². The molecule has 2 amide bonds. The van der Waals surface area contributed by atoms with Gasteiger partial charge in [-0.25, -0.2) is 4.98 Å². The summed E-state index contributed by atoms with van der Waals surface area (Å²) in [7, 11) is 3.15. The lowest BCUT2D eigenvalue weighted by atomic mass is 9.96. The molecular weight excluding hydrogens is 560 g/mol. The van der Waals surface area contributed by atoms with Crippen LogP contribution in [0.15, 0.2) is 35.3 Å². The van der Waals surface area contributed by atoms with Gasteiger partial charge in [-0.15, -0.1) is 0 Å². The second-order valence-electron chi connectivity index (χ2n) is 10.4. The summed E-state index contributed by atoms with van der Waals surface area (Å²) in [5.74, 6) is 0.815. The van der Waals surface area contributed by atoms with Crippen LogP contribution in [0.25, 0.3) is 10.9 Å². The summed E-state index contributed by atoms with van der Waals surface area (Å²) in [6.45, 7) is 2.49. The maximum Gasteiger partial charge on any atom is 0.293 e. The van der Waals surface area contributed by atoms with Crippen molar-refractivity contribution in [3.63, 3.8) is 0 Å². The molecule has 13 heteroatoms. The minimum absolute atomic E-state index is 0.0195. The van der Waals surface area contributed by atoms with Crippen LogP contribution in [0.4, 0.5) is 17.5 Å². The first kappa shape index (κ1) is 31.0. The number of amides is 2. The number of fused-ring (bicyclic) bond motifs is 1. The van der Waals surface area contributed by atoms with E-state index in [0.717, 1.165) is 43.9 Å². The van der Waals surface area contributed by atoms with Crippen molar-refractivity contribution in [1.29, 1.82) is 0 Å². The summed E-state index contributed by atoms with van der Waals surface area (Å²) in [4.78, 5) is 48.0. The average Bonchev–Trinajstić information content (AvgIpc) is 3.00. The quantitative estimate of drug-likeness (QED) is 0.217. The highest BCUT2D eigenvalue weighted by Crippen LogP contribution is 2.29. The van der Waals surface area contributed by atoms with Gasteiger partial charge in [-0.1, -0.05) is 24.4 Å². The van der Waals surface area contributed by atoms with Crippen LogP contribution in [-0.4, -0.2) is 66.2 Å². The normalized spacial score (nSPS) is 13.7. The van der Waals surface area contributed by atoms with Crippen molar-refractivity contribution in [2.75, 3.05) is 50.1 Å². The Kier molecular flexibility index (Phi) is 11.0. The van der Waals surface area contributed by atoms with Crippen molar-refractivity contribution in [3.05, 3.63) is 45.8 Å². The standard InChI is InChI=1S/C29H39ClN8O4/c1-32-25(39)18-42-24-16-20-15-21(7-8-23(20)37(2)28(24)41)35-26-22(30)17-34-29(36-26)38-13-9-19(10-14-38)27(40)33-12-6-4-3-5-11-31/h7-8,15-17,19H,3-6,9-14,18,31H2,1-2H3,(H,32,39)(H,33,40)(H,34,35,36). The molecule has 1 aliphatic heterocycles. The lowest BCUT2D eigenvalue weighted by molar-refractivity contribution is -0.125. The molecule has 0 saturated carbocycles. The van der Waals surface area contributed by atoms with E-state index in [-0.39, 0.29) is 35.6 Å². The maximum atomic E-state index is 12.7. The Morgan fingerprint density at radius 3 is 2.64 bits per heavy atom. The monoisotopic (exact) mass is 598 g/mol. The summed E-state index contributed by atoms with van der Waals surface area (Å²) < 4.78 is 6.93. The molecule has 0 spiro atoms. The number of pyridine rings is 1. The van der Waals surface area contributed by atoms with Gasteiger partial charge in [-0.2, -0.15) is 4.98 Å². The minimum atomic E-state index is -0.338. The number of rotatable bonds is 13. The van der Waals surface area contributed by atoms with Crippen molar-refractivity contribution in [3.8, 4) is 5.75 Å². The molecule has 0 bridgehead atoms. The fourth-order valence-electron chi connectivity index (χ4n) is 4.90. The van der Waals surface area contributed by atoms with Gasteiger partial charge >= 0.3 is 0 Å². The molecule has 12 nitrogen and oxygen atoms in total. The molecule has 0 aliphatic carbocycles. The number of aromatic nitrogens is 3. The number of aryl methyl sites for hydroxylation is 1. The predicted octanol–water partition coefficient (Wildman–Crippen LogP) is 2.70. The van der Waals surface area contributed by atoms with Gasteiger partial charge < -0.3 is 35.9 Å². The second-order valence-corrected chi connectivity index (χ2v) is 10.8. The molecular formula is C29H39ClN8O4. The van der Waals surface area contributed by atoms with Gasteiger partial charge in [0.05, 0.1) is 11.7 Å². The Labute approximate surface area is 250 Å². The molecule has 1 fully saturated rings. The number of ether oxygens (including phenoxy) is 1. The molecule has 0 radical (unpaired) electrons. The molecule has 4 rings (SSSR count). The first-order valence-electron chi connectivity index (χ1n) is 14.3. The van der Waals surface area contributed by atoms with E-state index in [9.17, 15) is 14.4 Å². The van der Waals surface area contributed by atoms with Crippen LogP contribution in [0.5, 0.6) is 5.75 Å². The number of hydrogen-bond acceptors (Lipinski definition) is 9. The lowest BCUT2D eigenvalue weighted by Crippen LogP contribution is -2.41. The number of nitrogens with two attached hydrogens (primary N) is 1. The fraction of sp³-hybridized carbons (Fsp3) is 0.483. The van der Waals surface area contributed by atoms with Crippen molar-refractivity contribution in [2.24, 2.45) is 18.7 Å². The van der Waals surface area contributed by atoms with Crippen molar-refractivity contribution in [2.45, 2.75) is 38.5 Å². The molecule has 1 aliphatic rings. The largest absolute Gasteiger partial charge is 0.478 e. The van der Waals surface area contributed by atoms with Crippen LogP contribution >= 0.6 is 11.6 Å². The van der Waals surface area contributed by atoms with Crippen LogP contribution in [0.2, 0.25) is 5.02 Å². The molecule has 42 heavy (non-hydrogen) atoms. The number of carbonyl (C=O) groups is 2. The number of likely N-dealkylation sites (N-methyl/N-ethyl adjacent to an activating group) is 1. The summed E-state index contributed by atoms with van der Waals surface area (Å²) in [6.07, 6.45) is 7.18. The Morgan fingerprint density at radius 1 is 1.14 bits per heavy atom. The highest BCUT2D eigenvalue weighted by atomic mass is 35.5. The number of anilines is 3. The van der Waals surface area contributed by atoms with Crippen LogP contribution in [0, 0.1) is 5.92 Å². The lowest BCUT2D eigenvalue weighted by Gasteiger charge is -2.31. The zero-order valence-electron chi connectivity index (χ0n) is 24.1. The van der Waals surface area contributed by atoms with Crippen LogP contribution in [-0.2, 0) is 16.6 Å².